The average Bonchev–Trinajstić information content (AvgIpc) is 3.04. The molecular formula is C17H27N3O3. The van der Waals surface area contributed by atoms with Crippen molar-refractivity contribution in [3.63, 3.8) is 0 Å². The lowest BCUT2D eigenvalue weighted by Gasteiger charge is -2.42. The van der Waals surface area contributed by atoms with Crippen molar-refractivity contribution in [3.8, 4) is 0 Å². The Hall–Kier alpha value is -1.40. The maximum absolute atomic E-state index is 12.5. The van der Waals surface area contributed by atoms with Crippen molar-refractivity contribution in [3.05, 3.63) is 17.5 Å². The number of aromatic nitrogens is 1. The predicted molar refractivity (Wildman–Crippen MR) is 86.2 cm³/mol. The average molecular weight is 321 g/mol. The molecule has 23 heavy (non-hydrogen) atoms. The van der Waals surface area contributed by atoms with Crippen molar-refractivity contribution < 1.29 is 14.4 Å². The summed E-state index contributed by atoms with van der Waals surface area (Å²) >= 11 is 0. The van der Waals surface area contributed by atoms with Crippen LogP contribution in [0.3, 0.4) is 0 Å². The zero-order valence-corrected chi connectivity index (χ0v) is 13.9. The number of amides is 1. The zero-order valence-electron chi connectivity index (χ0n) is 13.9. The van der Waals surface area contributed by atoms with Crippen LogP contribution >= 0.6 is 0 Å². The minimum Gasteiger partial charge on any atom is -0.391 e. The molecule has 2 aliphatic rings. The van der Waals surface area contributed by atoms with Crippen LogP contribution < -0.4 is 0 Å². The zero-order chi connectivity index (χ0) is 16.2. The van der Waals surface area contributed by atoms with Gasteiger partial charge in [-0.05, 0) is 19.3 Å². The lowest BCUT2D eigenvalue weighted by atomic mass is 9.91. The summed E-state index contributed by atoms with van der Waals surface area (Å²) in [6, 6.07) is 2.03. The van der Waals surface area contributed by atoms with E-state index in [1.807, 2.05) is 4.90 Å². The number of aliphatic hydroxyl groups is 1. The SMILES string of the molecule is CCCc1cc(C(=O)N2CCN([C@@H]3CCCC[C@H]3O)CC2)no1. The second kappa shape index (κ2) is 7.45. The molecule has 1 aliphatic carbocycles. The second-order valence-corrected chi connectivity index (χ2v) is 6.68. The van der Waals surface area contributed by atoms with E-state index >= 15 is 0 Å². The van der Waals surface area contributed by atoms with E-state index in [1.165, 1.54) is 6.42 Å². The summed E-state index contributed by atoms with van der Waals surface area (Å²) in [5, 5.41) is 14.1. The Morgan fingerprint density at radius 2 is 2.04 bits per heavy atom. The summed E-state index contributed by atoms with van der Waals surface area (Å²) in [7, 11) is 0. The van der Waals surface area contributed by atoms with Gasteiger partial charge in [0.1, 0.15) is 5.76 Å². The lowest BCUT2D eigenvalue weighted by molar-refractivity contribution is -0.00189. The Morgan fingerprint density at radius 3 is 2.74 bits per heavy atom. The summed E-state index contributed by atoms with van der Waals surface area (Å²) in [5.74, 6) is 0.736. The molecule has 0 aromatic carbocycles. The quantitative estimate of drug-likeness (QED) is 0.914. The highest BCUT2D eigenvalue weighted by Gasteiger charge is 2.32. The summed E-state index contributed by atoms with van der Waals surface area (Å²) in [6.45, 7) is 5.11. The molecule has 1 saturated heterocycles. The molecule has 2 heterocycles. The van der Waals surface area contributed by atoms with Crippen LogP contribution in [0.15, 0.2) is 10.6 Å². The van der Waals surface area contributed by atoms with Gasteiger partial charge in [-0.1, -0.05) is 24.9 Å². The van der Waals surface area contributed by atoms with Gasteiger partial charge in [-0.25, -0.2) is 0 Å². The molecule has 1 N–H and O–H groups in total. The van der Waals surface area contributed by atoms with E-state index in [0.717, 1.165) is 51.0 Å². The molecule has 0 bridgehead atoms. The number of hydrogen-bond donors (Lipinski definition) is 1. The molecule has 6 heteroatoms. The standard InChI is InChI=1S/C17H27N3O3/c1-2-5-13-12-14(18-23-13)17(22)20-10-8-19(9-11-20)15-6-3-4-7-16(15)21/h12,15-16,21H,2-11H2,1H3/t15-,16-/m1/s1. The first-order valence-electron chi connectivity index (χ1n) is 8.86. The van der Waals surface area contributed by atoms with Gasteiger partial charge in [-0.2, -0.15) is 0 Å². The smallest absolute Gasteiger partial charge is 0.276 e. The second-order valence-electron chi connectivity index (χ2n) is 6.68. The highest BCUT2D eigenvalue weighted by atomic mass is 16.5. The molecule has 1 amide bonds. The van der Waals surface area contributed by atoms with Crippen molar-refractivity contribution in [1.82, 2.24) is 15.0 Å². The number of nitrogens with zero attached hydrogens (tertiary/aromatic N) is 3. The Morgan fingerprint density at radius 1 is 1.30 bits per heavy atom. The van der Waals surface area contributed by atoms with Crippen LogP contribution in [0.25, 0.3) is 0 Å². The molecular weight excluding hydrogens is 294 g/mol. The van der Waals surface area contributed by atoms with Gasteiger partial charge in [-0.3, -0.25) is 9.69 Å². The van der Waals surface area contributed by atoms with E-state index in [2.05, 4.69) is 17.0 Å². The van der Waals surface area contributed by atoms with Crippen molar-refractivity contribution in [1.29, 1.82) is 0 Å². The van der Waals surface area contributed by atoms with Crippen molar-refractivity contribution in [2.75, 3.05) is 26.2 Å². The Kier molecular flexibility index (Phi) is 5.33. The summed E-state index contributed by atoms with van der Waals surface area (Å²) in [4.78, 5) is 16.7. The number of aliphatic hydroxyl groups excluding tert-OH is 1. The van der Waals surface area contributed by atoms with Gasteiger partial charge in [0.2, 0.25) is 0 Å². The van der Waals surface area contributed by atoms with E-state index < -0.39 is 0 Å². The Bertz CT molecular complexity index is 523. The third-order valence-corrected chi connectivity index (χ3v) is 5.04. The van der Waals surface area contributed by atoms with E-state index in [9.17, 15) is 9.90 Å². The van der Waals surface area contributed by atoms with Crippen LogP contribution in [0, 0.1) is 0 Å². The number of hydrogen-bond acceptors (Lipinski definition) is 5. The normalized spacial score (nSPS) is 26.4. The van der Waals surface area contributed by atoms with Crippen LogP contribution in [0.5, 0.6) is 0 Å². The van der Waals surface area contributed by atoms with Gasteiger partial charge in [0.25, 0.3) is 5.91 Å². The molecule has 1 saturated carbocycles. The third kappa shape index (κ3) is 3.75. The fourth-order valence-electron chi connectivity index (χ4n) is 3.71. The Labute approximate surface area is 137 Å². The van der Waals surface area contributed by atoms with Crippen molar-refractivity contribution in [2.24, 2.45) is 0 Å². The number of rotatable bonds is 4. The molecule has 6 nitrogen and oxygen atoms in total. The van der Waals surface area contributed by atoms with Crippen LogP contribution in [-0.4, -0.2) is 64.3 Å². The van der Waals surface area contributed by atoms with Crippen molar-refractivity contribution >= 4 is 5.91 Å². The number of carbonyl (C=O) groups excluding carboxylic acids is 1. The monoisotopic (exact) mass is 321 g/mol. The molecule has 128 valence electrons. The number of piperazine rings is 1. The predicted octanol–water partition coefficient (Wildman–Crippen LogP) is 1.69. The van der Waals surface area contributed by atoms with Gasteiger partial charge in [-0.15, -0.1) is 0 Å². The van der Waals surface area contributed by atoms with E-state index in [4.69, 9.17) is 4.52 Å². The fraction of sp³-hybridized carbons (Fsp3) is 0.765. The minimum atomic E-state index is -0.210. The molecule has 2 atom stereocenters. The van der Waals surface area contributed by atoms with Crippen LogP contribution in [0.2, 0.25) is 0 Å². The largest absolute Gasteiger partial charge is 0.391 e. The van der Waals surface area contributed by atoms with E-state index in [1.54, 1.807) is 6.07 Å². The van der Waals surface area contributed by atoms with Gasteiger partial charge in [0.15, 0.2) is 5.69 Å². The minimum absolute atomic E-state index is 0.0417. The molecule has 1 aromatic rings. The highest BCUT2D eigenvalue weighted by molar-refractivity contribution is 5.92. The summed E-state index contributed by atoms with van der Waals surface area (Å²) < 4.78 is 5.21. The summed E-state index contributed by atoms with van der Waals surface area (Å²) in [6.07, 6.45) is 5.88. The lowest BCUT2D eigenvalue weighted by Crippen LogP contribution is -2.55. The molecule has 1 aromatic heterocycles. The Balaban J connectivity index is 1.54. The molecule has 1 aliphatic heterocycles. The molecule has 2 fully saturated rings. The molecule has 0 radical (unpaired) electrons. The van der Waals surface area contributed by atoms with Crippen LogP contribution in [-0.2, 0) is 6.42 Å². The van der Waals surface area contributed by atoms with E-state index in [0.29, 0.717) is 18.8 Å². The number of carbonyl (C=O) groups is 1. The summed E-state index contributed by atoms with van der Waals surface area (Å²) in [5.41, 5.74) is 0.416. The van der Waals surface area contributed by atoms with Crippen LogP contribution in [0.1, 0.15) is 55.3 Å². The van der Waals surface area contributed by atoms with Gasteiger partial charge in [0, 0.05) is 44.7 Å². The maximum atomic E-state index is 12.5. The molecule has 0 spiro atoms. The first kappa shape index (κ1) is 16.5. The number of aryl methyl sites for hydroxylation is 1. The van der Waals surface area contributed by atoms with Crippen molar-refractivity contribution in [2.45, 2.75) is 57.6 Å². The molecule has 3 rings (SSSR count). The first-order valence-corrected chi connectivity index (χ1v) is 8.86. The highest BCUT2D eigenvalue weighted by Crippen LogP contribution is 2.24. The first-order chi connectivity index (χ1) is 11.2. The topological polar surface area (TPSA) is 69.8 Å². The van der Waals surface area contributed by atoms with Gasteiger partial charge in [0.05, 0.1) is 6.10 Å². The van der Waals surface area contributed by atoms with Crippen LogP contribution in [0.4, 0.5) is 0 Å². The van der Waals surface area contributed by atoms with Gasteiger partial charge < -0.3 is 14.5 Å². The van der Waals surface area contributed by atoms with E-state index in [-0.39, 0.29) is 18.1 Å². The molecule has 0 unspecified atom stereocenters. The van der Waals surface area contributed by atoms with Gasteiger partial charge >= 0.3 is 0 Å². The third-order valence-electron chi connectivity index (χ3n) is 5.04. The maximum Gasteiger partial charge on any atom is 0.276 e. The fourth-order valence-corrected chi connectivity index (χ4v) is 3.71.